The second-order valence-electron chi connectivity index (χ2n) is 6.26. The van der Waals surface area contributed by atoms with Gasteiger partial charge in [0.15, 0.2) is 16.7 Å². The summed E-state index contributed by atoms with van der Waals surface area (Å²) in [6.45, 7) is 7.14. The fourth-order valence-corrected chi connectivity index (χ4v) is 4.14. The molecule has 1 amide bonds. The molecule has 2 aromatic carbocycles. The number of thioether (sulfide) groups is 1. The lowest BCUT2D eigenvalue weighted by Crippen LogP contribution is -2.28. The molecule has 3 rings (SSSR count). The van der Waals surface area contributed by atoms with Crippen LogP contribution >= 0.6 is 23.4 Å². The quantitative estimate of drug-likeness (QED) is 0.571. The Hall–Kier alpha value is -2.64. The maximum atomic E-state index is 12.9. The van der Waals surface area contributed by atoms with Gasteiger partial charge in [0.25, 0.3) is 5.91 Å². The Morgan fingerprint density at radius 2 is 1.83 bits per heavy atom. The molecule has 30 heavy (non-hydrogen) atoms. The van der Waals surface area contributed by atoms with Crippen molar-refractivity contribution in [2.75, 3.05) is 19.8 Å². The van der Waals surface area contributed by atoms with Crippen LogP contribution < -0.4 is 9.47 Å². The molecule has 0 unspecified atom stereocenters. The summed E-state index contributed by atoms with van der Waals surface area (Å²) in [6, 6.07) is 10.7. The lowest BCUT2D eigenvalue weighted by atomic mass is 10.2. The molecule has 1 aliphatic heterocycles. The Labute approximate surface area is 185 Å². The van der Waals surface area contributed by atoms with Crippen molar-refractivity contribution in [3.63, 3.8) is 0 Å². The van der Waals surface area contributed by atoms with E-state index >= 15 is 0 Å². The van der Waals surface area contributed by atoms with E-state index in [9.17, 15) is 9.90 Å². The number of phenols is 1. The molecule has 1 aliphatic rings. The third kappa shape index (κ3) is 4.91. The van der Waals surface area contributed by atoms with Crippen molar-refractivity contribution in [3.05, 3.63) is 51.9 Å². The number of hydrogen-bond acceptors (Lipinski definition) is 6. The molecule has 0 bridgehead atoms. The van der Waals surface area contributed by atoms with E-state index in [-0.39, 0.29) is 22.4 Å². The second kappa shape index (κ2) is 9.91. The Morgan fingerprint density at radius 3 is 2.47 bits per heavy atom. The fourth-order valence-electron chi connectivity index (χ4n) is 2.86. The SMILES string of the molecule is CCOc1ccc(N=C2S/C(=C/c3cc(Cl)c(O)c(OCC)c3)C(=O)N2CC)cc1. The average molecular weight is 447 g/mol. The molecule has 0 atom stereocenters. The van der Waals surface area contributed by atoms with Crippen LogP contribution in [0.5, 0.6) is 17.2 Å². The van der Waals surface area contributed by atoms with Gasteiger partial charge in [-0.25, -0.2) is 4.99 Å². The molecule has 0 saturated carbocycles. The van der Waals surface area contributed by atoms with Crippen LogP contribution in [0, 0.1) is 0 Å². The topological polar surface area (TPSA) is 71.4 Å². The van der Waals surface area contributed by atoms with E-state index in [0.717, 1.165) is 11.4 Å². The number of aromatic hydroxyl groups is 1. The monoisotopic (exact) mass is 446 g/mol. The van der Waals surface area contributed by atoms with E-state index < -0.39 is 0 Å². The molecular formula is C22H23ClN2O4S. The molecule has 0 radical (unpaired) electrons. The molecule has 0 aliphatic carbocycles. The molecule has 8 heteroatoms. The van der Waals surface area contributed by atoms with Crippen molar-refractivity contribution in [1.82, 2.24) is 4.90 Å². The lowest BCUT2D eigenvalue weighted by molar-refractivity contribution is -0.122. The van der Waals surface area contributed by atoms with Gasteiger partial charge in [0, 0.05) is 6.54 Å². The predicted molar refractivity (Wildman–Crippen MR) is 122 cm³/mol. The molecule has 1 N–H and O–H groups in total. The van der Waals surface area contributed by atoms with E-state index in [2.05, 4.69) is 4.99 Å². The number of amidine groups is 1. The summed E-state index contributed by atoms with van der Waals surface area (Å²) in [5.41, 5.74) is 1.40. The van der Waals surface area contributed by atoms with Crippen LogP contribution in [0.1, 0.15) is 26.3 Å². The highest BCUT2D eigenvalue weighted by Gasteiger charge is 2.32. The summed E-state index contributed by atoms with van der Waals surface area (Å²) >= 11 is 7.40. The van der Waals surface area contributed by atoms with Gasteiger partial charge in [-0.3, -0.25) is 9.69 Å². The number of halogens is 1. The smallest absolute Gasteiger partial charge is 0.266 e. The van der Waals surface area contributed by atoms with E-state index in [1.165, 1.54) is 11.8 Å². The lowest BCUT2D eigenvalue weighted by Gasteiger charge is -2.12. The van der Waals surface area contributed by atoms with Crippen molar-refractivity contribution in [2.24, 2.45) is 4.99 Å². The fraction of sp³-hybridized carbons (Fsp3) is 0.273. The second-order valence-corrected chi connectivity index (χ2v) is 7.68. The number of aliphatic imine (C=N–C) groups is 1. The van der Waals surface area contributed by atoms with Crippen molar-refractivity contribution >= 4 is 46.2 Å². The summed E-state index contributed by atoms with van der Waals surface area (Å²) in [7, 11) is 0. The van der Waals surface area contributed by atoms with Crippen LogP contribution in [-0.2, 0) is 4.79 Å². The number of carbonyl (C=O) groups is 1. The molecule has 0 aromatic heterocycles. The number of phenolic OH excluding ortho intramolecular Hbond substituents is 1. The highest BCUT2D eigenvalue weighted by Crippen LogP contribution is 2.38. The van der Waals surface area contributed by atoms with Crippen LogP contribution in [0.4, 0.5) is 5.69 Å². The van der Waals surface area contributed by atoms with Crippen LogP contribution in [0.25, 0.3) is 6.08 Å². The maximum Gasteiger partial charge on any atom is 0.266 e. The van der Waals surface area contributed by atoms with Crippen molar-refractivity contribution in [3.8, 4) is 17.2 Å². The minimum atomic E-state index is -0.130. The first kappa shape index (κ1) is 22.1. The highest BCUT2D eigenvalue weighted by molar-refractivity contribution is 8.18. The molecule has 1 saturated heterocycles. The Balaban J connectivity index is 1.90. The number of rotatable bonds is 7. The molecule has 1 fully saturated rings. The summed E-state index contributed by atoms with van der Waals surface area (Å²) in [5.74, 6) is 0.815. The van der Waals surface area contributed by atoms with Crippen molar-refractivity contribution < 1.29 is 19.4 Å². The van der Waals surface area contributed by atoms with Gasteiger partial charge >= 0.3 is 0 Å². The Morgan fingerprint density at radius 1 is 1.13 bits per heavy atom. The Bertz CT molecular complexity index is 989. The first-order chi connectivity index (χ1) is 14.5. The van der Waals surface area contributed by atoms with Gasteiger partial charge in [-0.2, -0.15) is 0 Å². The average Bonchev–Trinajstić information content (AvgIpc) is 3.01. The first-order valence-corrected chi connectivity index (χ1v) is 10.8. The number of benzene rings is 2. The Kier molecular flexibility index (Phi) is 7.29. The minimum Gasteiger partial charge on any atom is -0.503 e. The van der Waals surface area contributed by atoms with Gasteiger partial charge in [0.1, 0.15) is 5.75 Å². The summed E-state index contributed by atoms with van der Waals surface area (Å²) < 4.78 is 10.9. The van der Waals surface area contributed by atoms with Gasteiger partial charge < -0.3 is 14.6 Å². The number of carbonyl (C=O) groups excluding carboxylic acids is 1. The normalized spacial score (nSPS) is 16.5. The van der Waals surface area contributed by atoms with Crippen molar-refractivity contribution in [1.29, 1.82) is 0 Å². The summed E-state index contributed by atoms with van der Waals surface area (Å²) in [4.78, 5) is 19.6. The van der Waals surface area contributed by atoms with E-state index in [1.807, 2.05) is 45.0 Å². The zero-order valence-electron chi connectivity index (χ0n) is 17.0. The molecule has 0 spiro atoms. The number of ether oxygens (including phenoxy) is 2. The number of amides is 1. The van der Waals surface area contributed by atoms with Gasteiger partial charge in [0.05, 0.1) is 28.8 Å². The summed E-state index contributed by atoms with van der Waals surface area (Å²) in [5, 5.41) is 10.8. The van der Waals surface area contributed by atoms with Crippen LogP contribution in [0.3, 0.4) is 0 Å². The third-order valence-corrected chi connectivity index (χ3v) is 5.52. The van der Waals surface area contributed by atoms with E-state index in [4.69, 9.17) is 21.1 Å². The number of nitrogens with zero attached hydrogens (tertiary/aromatic N) is 2. The molecule has 6 nitrogen and oxygen atoms in total. The largest absolute Gasteiger partial charge is 0.503 e. The minimum absolute atomic E-state index is 0.112. The van der Waals surface area contributed by atoms with Gasteiger partial charge in [-0.05, 0) is 80.6 Å². The highest BCUT2D eigenvalue weighted by atomic mass is 35.5. The molecule has 158 valence electrons. The zero-order chi connectivity index (χ0) is 21.7. The molecule has 1 heterocycles. The van der Waals surface area contributed by atoms with E-state index in [1.54, 1.807) is 23.1 Å². The predicted octanol–water partition coefficient (Wildman–Crippen LogP) is 5.47. The van der Waals surface area contributed by atoms with Crippen molar-refractivity contribution in [2.45, 2.75) is 20.8 Å². The van der Waals surface area contributed by atoms with Gasteiger partial charge in [-0.15, -0.1) is 0 Å². The van der Waals surface area contributed by atoms with Gasteiger partial charge in [0.2, 0.25) is 0 Å². The van der Waals surface area contributed by atoms with E-state index in [0.29, 0.717) is 35.4 Å². The first-order valence-electron chi connectivity index (χ1n) is 9.65. The molecule has 2 aromatic rings. The van der Waals surface area contributed by atoms with Crippen LogP contribution in [0.15, 0.2) is 46.3 Å². The third-order valence-electron chi connectivity index (χ3n) is 4.23. The zero-order valence-corrected chi connectivity index (χ0v) is 18.6. The maximum absolute atomic E-state index is 12.9. The molecular weight excluding hydrogens is 424 g/mol. The van der Waals surface area contributed by atoms with Crippen LogP contribution in [0.2, 0.25) is 5.02 Å². The number of hydrogen-bond donors (Lipinski definition) is 1. The summed E-state index contributed by atoms with van der Waals surface area (Å²) in [6.07, 6.45) is 1.73. The number of likely N-dealkylation sites (N-methyl/N-ethyl adjacent to an activating group) is 1. The standard InChI is InChI=1S/C22H23ClN2O4S/c1-4-25-21(27)19(13-14-11-17(23)20(26)18(12-14)29-6-3)30-22(25)24-15-7-9-16(10-8-15)28-5-2/h7-13,26H,4-6H2,1-3H3/b19-13+,24-22?. The van der Waals surface area contributed by atoms with Crippen LogP contribution in [-0.4, -0.2) is 40.8 Å². The van der Waals surface area contributed by atoms with Gasteiger partial charge in [-0.1, -0.05) is 11.6 Å².